The number of rotatable bonds is 0. The normalized spacial score (nSPS) is 46.3. The Morgan fingerprint density at radius 2 is 1.72 bits per heavy atom. The topological polar surface area (TPSA) is 121 Å². The van der Waals surface area contributed by atoms with Crippen molar-refractivity contribution in [3.8, 4) is 0 Å². The molecule has 3 fully saturated rings. The first-order valence-electron chi connectivity index (χ1n) is 12.3. The van der Waals surface area contributed by atoms with Gasteiger partial charge in [0.15, 0.2) is 5.78 Å². The third kappa shape index (κ3) is 3.89. The zero-order chi connectivity index (χ0) is 25.7. The van der Waals surface area contributed by atoms with E-state index in [4.69, 9.17) is 23.7 Å². The van der Waals surface area contributed by atoms with Gasteiger partial charge in [-0.1, -0.05) is 30.7 Å². The summed E-state index contributed by atoms with van der Waals surface area (Å²) in [5, 5.41) is 10.9. The Balaban J connectivity index is 1.55. The fourth-order valence-electron chi connectivity index (χ4n) is 6.32. The molecule has 2 aliphatic carbocycles. The summed E-state index contributed by atoms with van der Waals surface area (Å²) in [7, 11) is 0. The van der Waals surface area contributed by atoms with Gasteiger partial charge in [-0.2, -0.15) is 0 Å². The molecule has 2 spiro atoms. The molecule has 1 saturated carbocycles. The Morgan fingerprint density at radius 3 is 2.44 bits per heavy atom. The van der Waals surface area contributed by atoms with Gasteiger partial charge in [0.05, 0.1) is 30.8 Å². The molecule has 7 atom stereocenters. The van der Waals surface area contributed by atoms with E-state index in [2.05, 4.69) is 0 Å². The summed E-state index contributed by atoms with van der Waals surface area (Å²) in [6, 6.07) is 0. The van der Waals surface area contributed by atoms with Crippen molar-refractivity contribution in [3.63, 3.8) is 0 Å². The Morgan fingerprint density at radius 1 is 1.00 bits per heavy atom. The summed E-state index contributed by atoms with van der Waals surface area (Å²) in [5.74, 6) is -1.40. The van der Waals surface area contributed by atoms with Gasteiger partial charge in [0, 0.05) is 31.4 Å². The molecule has 1 N–H and O–H groups in total. The lowest BCUT2D eigenvalue weighted by Gasteiger charge is -2.58. The van der Waals surface area contributed by atoms with E-state index in [-0.39, 0.29) is 31.5 Å². The molecule has 3 heterocycles. The van der Waals surface area contributed by atoms with E-state index in [1.54, 1.807) is 6.92 Å². The minimum absolute atomic E-state index is 0.114. The SMILES string of the molecule is CC1=C[C@H]2O[C@H]3C[C@H]4OC(=O)/C=C\C=C\C(=O)OCC/C(C)=C\C(=O)CO[C@@]2(C[C@H]1O)[C@]4(C)[C@@]31CO1. The van der Waals surface area contributed by atoms with Crippen LogP contribution in [-0.4, -0.2) is 78.3 Å². The lowest BCUT2D eigenvalue weighted by atomic mass is 9.57. The predicted molar refractivity (Wildman–Crippen MR) is 126 cm³/mol. The second kappa shape index (κ2) is 9.06. The van der Waals surface area contributed by atoms with Gasteiger partial charge in [0.25, 0.3) is 0 Å². The van der Waals surface area contributed by atoms with E-state index < -0.39 is 46.9 Å². The van der Waals surface area contributed by atoms with E-state index in [0.29, 0.717) is 19.4 Å². The second-order valence-corrected chi connectivity index (χ2v) is 10.5. The van der Waals surface area contributed by atoms with Crippen molar-refractivity contribution in [2.45, 2.75) is 75.7 Å². The lowest BCUT2D eigenvalue weighted by Crippen LogP contribution is -2.71. The Bertz CT molecular complexity index is 1080. The number of ketones is 1. The molecule has 0 amide bonds. The summed E-state index contributed by atoms with van der Waals surface area (Å²) in [4.78, 5) is 37.5. The van der Waals surface area contributed by atoms with Crippen LogP contribution in [0.2, 0.25) is 0 Å². The van der Waals surface area contributed by atoms with Gasteiger partial charge in [-0.25, -0.2) is 9.59 Å². The summed E-state index contributed by atoms with van der Waals surface area (Å²) < 4.78 is 30.1. The molecule has 5 aliphatic rings. The first-order valence-corrected chi connectivity index (χ1v) is 12.3. The number of esters is 2. The molecule has 194 valence electrons. The smallest absolute Gasteiger partial charge is 0.331 e. The molecule has 2 saturated heterocycles. The van der Waals surface area contributed by atoms with Gasteiger partial charge in [-0.3, -0.25) is 4.79 Å². The monoisotopic (exact) mass is 500 g/mol. The van der Waals surface area contributed by atoms with Gasteiger partial charge in [-0.05, 0) is 25.5 Å². The van der Waals surface area contributed by atoms with Crippen LogP contribution < -0.4 is 0 Å². The minimum Gasteiger partial charge on any atom is -0.462 e. The number of hydrogen-bond acceptors (Lipinski definition) is 9. The number of aliphatic hydroxyl groups excluding tert-OH is 1. The number of carbonyl (C=O) groups is 3. The maximum atomic E-state index is 12.9. The highest BCUT2D eigenvalue weighted by Crippen LogP contribution is 2.69. The fraction of sp³-hybridized carbons (Fsp3) is 0.593. The molecule has 0 unspecified atom stereocenters. The molecule has 36 heavy (non-hydrogen) atoms. The number of allylic oxidation sites excluding steroid dienone is 2. The largest absolute Gasteiger partial charge is 0.462 e. The first kappa shape index (κ1) is 25.1. The van der Waals surface area contributed by atoms with Crippen molar-refractivity contribution in [2.75, 3.05) is 19.8 Å². The summed E-state index contributed by atoms with van der Waals surface area (Å²) in [6.45, 7) is 5.85. The average Bonchev–Trinajstić information content (AvgIpc) is 3.59. The zero-order valence-corrected chi connectivity index (χ0v) is 20.7. The molecule has 2 bridgehead atoms. The first-order chi connectivity index (χ1) is 17.1. The number of carbonyl (C=O) groups excluding carboxylic acids is 3. The van der Waals surface area contributed by atoms with Crippen molar-refractivity contribution < 1.29 is 43.2 Å². The minimum atomic E-state index is -1.16. The molecule has 3 aliphatic heterocycles. The van der Waals surface area contributed by atoms with Crippen LogP contribution in [0.1, 0.15) is 40.0 Å². The van der Waals surface area contributed by atoms with E-state index in [1.807, 2.05) is 19.9 Å². The number of cyclic esters (lactones) is 1. The van der Waals surface area contributed by atoms with E-state index >= 15 is 0 Å². The van der Waals surface area contributed by atoms with Crippen LogP contribution in [0.25, 0.3) is 0 Å². The predicted octanol–water partition coefficient (Wildman–Crippen LogP) is 1.89. The standard InChI is InChI=1S/C27H32O9/c1-16-8-9-32-23(30)6-4-5-7-24(31)36-20-12-22-27(15-34-27)25(20,3)26(33-14-18(28)10-16)13-19(29)17(2)11-21(26)35-22/h4-7,10-11,19-22,29H,8-9,12-15H2,1-3H3/b6-4+,7-5-,16-10-/t19-,20-,21-,22+,25-,26-,27-/m1/s1. The van der Waals surface area contributed by atoms with Gasteiger partial charge >= 0.3 is 11.9 Å². The van der Waals surface area contributed by atoms with Crippen molar-refractivity contribution >= 4 is 17.7 Å². The highest BCUT2D eigenvalue weighted by atomic mass is 16.7. The zero-order valence-electron chi connectivity index (χ0n) is 20.7. The molecular formula is C27H32O9. The third-order valence-electron chi connectivity index (χ3n) is 8.47. The lowest BCUT2D eigenvalue weighted by molar-refractivity contribution is -0.276. The Hall–Kier alpha value is -2.59. The molecule has 9 heteroatoms. The number of epoxide rings is 1. The molecule has 9 nitrogen and oxygen atoms in total. The molecular weight excluding hydrogens is 468 g/mol. The van der Waals surface area contributed by atoms with Crippen LogP contribution in [0.3, 0.4) is 0 Å². The highest BCUT2D eigenvalue weighted by Gasteiger charge is 2.84. The number of hydrogen-bond donors (Lipinski definition) is 1. The van der Waals surface area contributed by atoms with Crippen molar-refractivity contribution in [1.82, 2.24) is 0 Å². The average molecular weight is 501 g/mol. The third-order valence-corrected chi connectivity index (χ3v) is 8.47. The molecule has 5 rings (SSSR count). The van der Waals surface area contributed by atoms with Gasteiger partial charge < -0.3 is 28.8 Å². The molecule has 0 aromatic heterocycles. The number of aliphatic hydroxyl groups is 1. The van der Waals surface area contributed by atoms with Crippen LogP contribution in [0.5, 0.6) is 0 Å². The molecule has 0 radical (unpaired) electrons. The highest BCUT2D eigenvalue weighted by molar-refractivity contribution is 5.91. The van der Waals surface area contributed by atoms with Crippen LogP contribution in [0.4, 0.5) is 0 Å². The summed E-state index contributed by atoms with van der Waals surface area (Å²) in [6.07, 6.45) is 7.26. The Kier molecular flexibility index (Phi) is 6.31. The van der Waals surface area contributed by atoms with Crippen LogP contribution >= 0.6 is 0 Å². The summed E-state index contributed by atoms with van der Waals surface area (Å²) in [5.41, 5.74) is -1.28. The number of ether oxygens (including phenoxy) is 5. The van der Waals surface area contributed by atoms with Crippen LogP contribution in [-0.2, 0) is 38.1 Å². The van der Waals surface area contributed by atoms with Crippen LogP contribution in [0, 0.1) is 5.41 Å². The fourth-order valence-corrected chi connectivity index (χ4v) is 6.32. The van der Waals surface area contributed by atoms with E-state index in [1.165, 1.54) is 30.4 Å². The van der Waals surface area contributed by atoms with Crippen molar-refractivity contribution in [2.24, 2.45) is 5.41 Å². The second-order valence-electron chi connectivity index (χ2n) is 10.5. The Labute approximate surface area is 209 Å². The van der Waals surface area contributed by atoms with E-state index in [9.17, 15) is 19.5 Å². The maximum absolute atomic E-state index is 12.9. The summed E-state index contributed by atoms with van der Waals surface area (Å²) >= 11 is 0. The van der Waals surface area contributed by atoms with Crippen molar-refractivity contribution in [1.29, 1.82) is 0 Å². The maximum Gasteiger partial charge on any atom is 0.331 e. The van der Waals surface area contributed by atoms with E-state index in [0.717, 1.165) is 11.1 Å². The molecule has 0 aromatic rings. The quantitative estimate of drug-likeness (QED) is 0.302. The van der Waals surface area contributed by atoms with Gasteiger partial charge in [0.2, 0.25) is 0 Å². The molecule has 0 aromatic carbocycles. The van der Waals surface area contributed by atoms with Crippen LogP contribution in [0.15, 0.2) is 47.6 Å². The van der Waals surface area contributed by atoms with Crippen molar-refractivity contribution in [3.05, 3.63) is 47.6 Å². The van der Waals surface area contributed by atoms with Gasteiger partial charge in [0.1, 0.15) is 30.0 Å². The van der Waals surface area contributed by atoms with Gasteiger partial charge in [-0.15, -0.1) is 0 Å².